The molecular formula is C7H9BrN2O2. The maximum Gasteiger partial charge on any atom is 0.291 e. The molecule has 4 nitrogen and oxygen atoms in total. The highest BCUT2D eigenvalue weighted by atomic mass is 79.9. The number of amides is 1. The summed E-state index contributed by atoms with van der Waals surface area (Å²) in [5.41, 5.74) is 2.03. The zero-order valence-electron chi connectivity index (χ0n) is 6.54. The molecule has 0 spiro atoms. The van der Waals surface area contributed by atoms with E-state index < -0.39 is 5.91 Å². The fraction of sp³-hybridized carbons (Fsp3) is 0.286. The van der Waals surface area contributed by atoms with Gasteiger partial charge >= 0.3 is 0 Å². The summed E-state index contributed by atoms with van der Waals surface area (Å²) < 4.78 is 2.55. The molecule has 0 radical (unpaired) electrons. The Morgan fingerprint density at radius 3 is 3.00 bits per heavy atom. The second-order valence-corrected chi connectivity index (χ2v) is 3.19. The van der Waals surface area contributed by atoms with Crippen LogP contribution in [0.3, 0.4) is 0 Å². The van der Waals surface area contributed by atoms with Crippen LogP contribution in [0.2, 0.25) is 0 Å². The number of aryl methyl sites for hydroxylation is 1. The summed E-state index contributed by atoms with van der Waals surface area (Å²) in [6.45, 7) is 2.61. The number of aromatic nitrogens is 1. The largest absolute Gasteiger partial charge is 0.343 e. The average Bonchev–Trinajstić information content (AvgIpc) is 2.45. The Morgan fingerprint density at radius 1 is 1.83 bits per heavy atom. The molecular weight excluding hydrogens is 224 g/mol. The third kappa shape index (κ3) is 1.67. The average molecular weight is 233 g/mol. The SMILES string of the molecule is CCn1cc(Br)cc1C(=O)NO. The van der Waals surface area contributed by atoms with Gasteiger partial charge in [-0.2, -0.15) is 0 Å². The number of hydrogen-bond acceptors (Lipinski definition) is 2. The first-order chi connectivity index (χ1) is 5.69. The number of nitrogens with one attached hydrogen (secondary N) is 1. The van der Waals surface area contributed by atoms with Crippen LogP contribution in [0.1, 0.15) is 17.4 Å². The maximum atomic E-state index is 11.0. The summed E-state index contributed by atoms with van der Waals surface area (Å²) >= 11 is 3.24. The molecule has 0 saturated carbocycles. The topological polar surface area (TPSA) is 54.3 Å². The molecule has 0 aromatic carbocycles. The van der Waals surface area contributed by atoms with E-state index in [1.807, 2.05) is 6.92 Å². The van der Waals surface area contributed by atoms with Gasteiger partial charge in [-0.1, -0.05) is 0 Å². The number of carbonyl (C=O) groups excluding carboxylic acids is 1. The van der Waals surface area contributed by atoms with Crippen LogP contribution < -0.4 is 5.48 Å². The molecule has 0 aliphatic carbocycles. The number of hydrogen-bond donors (Lipinski definition) is 2. The number of nitrogens with zero attached hydrogens (tertiary/aromatic N) is 1. The van der Waals surface area contributed by atoms with Gasteiger partial charge in [-0.15, -0.1) is 0 Å². The van der Waals surface area contributed by atoms with E-state index in [0.29, 0.717) is 12.2 Å². The molecule has 5 heteroatoms. The molecule has 1 rings (SSSR count). The summed E-state index contributed by atoms with van der Waals surface area (Å²) in [5.74, 6) is -0.498. The van der Waals surface area contributed by atoms with Gasteiger partial charge in [-0.25, -0.2) is 5.48 Å². The third-order valence-electron chi connectivity index (χ3n) is 1.54. The van der Waals surface area contributed by atoms with Gasteiger partial charge < -0.3 is 4.57 Å². The minimum atomic E-state index is -0.498. The predicted molar refractivity (Wildman–Crippen MR) is 47.1 cm³/mol. The Kier molecular flexibility index (Phi) is 2.88. The first-order valence-corrected chi connectivity index (χ1v) is 4.28. The summed E-state index contributed by atoms with van der Waals surface area (Å²) in [7, 11) is 0. The standard InChI is InChI=1S/C7H9BrN2O2/c1-2-10-4-5(8)3-6(10)7(11)9-12/h3-4,12H,2H2,1H3,(H,9,11). The Labute approximate surface area is 78.3 Å². The molecule has 0 bridgehead atoms. The van der Waals surface area contributed by atoms with Crippen molar-refractivity contribution < 1.29 is 10.0 Å². The number of hydroxylamine groups is 1. The van der Waals surface area contributed by atoms with E-state index in [9.17, 15) is 4.79 Å². The lowest BCUT2D eigenvalue weighted by atomic mass is 10.4. The number of rotatable bonds is 2. The molecule has 0 aliphatic heterocycles. The molecule has 1 aromatic rings. The summed E-state index contributed by atoms with van der Waals surface area (Å²) in [5, 5.41) is 8.39. The van der Waals surface area contributed by atoms with Crippen LogP contribution in [0, 0.1) is 0 Å². The lowest BCUT2D eigenvalue weighted by Gasteiger charge is -2.02. The second-order valence-electron chi connectivity index (χ2n) is 2.27. The highest BCUT2D eigenvalue weighted by molar-refractivity contribution is 9.10. The first-order valence-electron chi connectivity index (χ1n) is 3.49. The van der Waals surface area contributed by atoms with Gasteiger partial charge in [0.15, 0.2) is 0 Å². The van der Waals surface area contributed by atoms with Crippen molar-refractivity contribution in [3.05, 3.63) is 22.4 Å². The molecule has 0 saturated heterocycles. The normalized spacial score (nSPS) is 9.92. The molecule has 1 amide bonds. The summed E-state index contributed by atoms with van der Waals surface area (Å²) in [4.78, 5) is 11.0. The van der Waals surface area contributed by atoms with Crippen molar-refractivity contribution in [3.8, 4) is 0 Å². The second kappa shape index (κ2) is 3.73. The Hall–Kier alpha value is -0.810. The van der Waals surface area contributed by atoms with Crippen LogP contribution in [-0.4, -0.2) is 15.7 Å². The monoisotopic (exact) mass is 232 g/mol. The highest BCUT2D eigenvalue weighted by Gasteiger charge is 2.10. The zero-order chi connectivity index (χ0) is 9.14. The van der Waals surface area contributed by atoms with Crippen LogP contribution in [0.25, 0.3) is 0 Å². The Morgan fingerprint density at radius 2 is 2.50 bits per heavy atom. The van der Waals surface area contributed by atoms with E-state index in [1.165, 1.54) is 0 Å². The smallest absolute Gasteiger partial charge is 0.291 e. The quantitative estimate of drug-likeness (QED) is 0.599. The van der Waals surface area contributed by atoms with Crippen molar-refractivity contribution in [2.45, 2.75) is 13.5 Å². The van der Waals surface area contributed by atoms with Crippen molar-refractivity contribution in [3.63, 3.8) is 0 Å². The van der Waals surface area contributed by atoms with Gasteiger partial charge in [0.1, 0.15) is 5.69 Å². The van der Waals surface area contributed by atoms with E-state index >= 15 is 0 Å². The van der Waals surface area contributed by atoms with E-state index in [4.69, 9.17) is 5.21 Å². The van der Waals surface area contributed by atoms with Crippen molar-refractivity contribution in [2.24, 2.45) is 0 Å². The van der Waals surface area contributed by atoms with Gasteiger partial charge in [0, 0.05) is 17.2 Å². The first kappa shape index (κ1) is 9.28. The molecule has 1 aromatic heterocycles. The minimum Gasteiger partial charge on any atom is -0.343 e. The Balaban J connectivity index is 3.04. The van der Waals surface area contributed by atoms with Gasteiger partial charge in [-0.05, 0) is 28.9 Å². The lowest BCUT2D eigenvalue weighted by Crippen LogP contribution is -2.21. The van der Waals surface area contributed by atoms with Crippen molar-refractivity contribution in [2.75, 3.05) is 0 Å². The third-order valence-corrected chi connectivity index (χ3v) is 1.97. The van der Waals surface area contributed by atoms with Gasteiger partial charge in [0.05, 0.1) is 0 Å². The highest BCUT2D eigenvalue weighted by Crippen LogP contribution is 2.14. The molecule has 66 valence electrons. The van der Waals surface area contributed by atoms with Crippen molar-refractivity contribution in [1.82, 2.24) is 10.0 Å². The molecule has 0 atom stereocenters. The zero-order valence-corrected chi connectivity index (χ0v) is 8.13. The van der Waals surface area contributed by atoms with E-state index in [2.05, 4.69) is 15.9 Å². The summed E-state index contributed by atoms with van der Waals surface area (Å²) in [6.07, 6.45) is 1.78. The van der Waals surface area contributed by atoms with Crippen LogP contribution in [0.4, 0.5) is 0 Å². The molecule has 2 N–H and O–H groups in total. The van der Waals surface area contributed by atoms with E-state index in [0.717, 1.165) is 4.47 Å². The van der Waals surface area contributed by atoms with Crippen LogP contribution in [0.5, 0.6) is 0 Å². The van der Waals surface area contributed by atoms with Crippen LogP contribution >= 0.6 is 15.9 Å². The van der Waals surface area contributed by atoms with E-state index in [-0.39, 0.29) is 0 Å². The lowest BCUT2D eigenvalue weighted by molar-refractivity contribution is 0.0696. The van der Waals surface area contributed by atoms with Crippen molar-refractivity contribution in [1.29, 1.82) is 0 Å². The minimum absolute atomic E-state index is 0.437. The maximum absolute atomic E-state index is 11.0. The molecule has 0 fully saturated rings. The molecule has 0 unspecified atom stereocenters. The van der Waals surface area contributed by atoms with Crippen LogP contribution in [-0.2, 0) is 6.54 Å². The van der Waals surface area contributed by atoms with Crippen LogP contribution in [0.15, 0.2) is 16.7 Å². The summed E-state index contributed by atoms with van der Waals surface area (Å²) in [6, 6.07) is 1.65. The number of halogens is 1. The van der Waals surface area contributed by atoms with Crippen molar-refractivity contribution >= 4 is 21.8 Å². The van der Waals surface area contributed by atoms with E-state index in [1.54, 1.807) is 22.3 Å². The predicted octanol–water partition coefficient (Wildman–Crippen LogP) is 1.39. The molecule has 0 aliphatic rings. The fourth-order valence-electron chi connectivity index (χ4n) is 0.984. The number of carbonyl (C=O) groups is 1. The van der Waals surface area contributed by atoms with Gasteiger partial charge in [0.2, 0.25) is 0 Å². The van der Waals surface area contributed by atoms with Gasteiger partial charge in [-0.3, -0.25) is 10.0 Å². The van der Waals surface area contributed by atoms with Gasteiger partial charge in [0.25, 0.3) is 5.91 Å². The Bertz CT molecular complexity index is 296. The molecule has 1 heterocycles. The fourth-order valence-corrected chi connectivity index (χ4v) is 1.45. The molecule has 12 heavy (non-hydrogen) atoms.